The van der Waals surface area contributed by atoms with E-state index in [9.17, 15) is 9.50 Å². The zero-order valence-corrected chi connectivity index (χ0v) is 10.1. The van der Waals surface area contributed by atoms with Gasteiger partial charge in [0.2, 0.25) is 0 Å². The van der Waals surface area contributed by atoms with E-state index in [-0.39, 0.29) is 12.2 Å². The average molecular weight is 268 g/mol. The molecule has 5 heteroatoms. The highest BCUT2D eigenvalue weighted by Crippen LogP contribution is 2.20. The zero-order chi connectivity index (χ0) is 13.0. The Morgan fingerprint density at radius 2 is 2.22 bits per heavy atom. The summed E-state index contributed by atoms with van der Waals surface area (Å²) in [4.78, 5) is 3.61. The van der Waals surface area contributed by atoms with Crippen molar-refractivity contribution < 1.29 is 14.2 Å². The molecule has 0 saturated heterocycles. The van der Waals surface area contributed by atoms with Crippen LogP contribution in [0.3, 0.4) is 0 Å². The Morgan fingerprint density at radius 1 is 1.39 bits per heavy atom. The largest absolute Gasteiger partial charge is 0.490 e. The molecule has 3 nitrogen and oxygen atoms in total. The summed E-state index contributed by atoms with van der Waals surface area (Å²) in [5, 5.41) is 10.3. The summed E-state index contributed by atoms with van der Waals surface area (Å²) in [5.74, 6) is -0.0318. The van der Waals surface area contributed by atoms with Crippen molar-refractivity contribution in [1.82, 2.24) is 4.98 Å². The summed E-state index contributed by atoms with van der Waals surface area (Å²) >= 11 is 5.79. The van der Waals surface area contributed by atoms with Crippen molar-refractivity contribution in [2.75, 3.05) is 6.61 Å². The summed E-state index contributed by atoms with van der Waals surface area (Å²) in [7, 11) is 0. The lowest BCUT2D eigenvalue weighted by molar-refractivity contribution is 0.105. The Balaban J connectivity index is 2.00. The maximum Gasteiger partial charge on any atom is 0.147 e. The Bertz CT molecular complexity index is 536. The molecule has 1 aromatic heterocycles. The molecule has 0 fully saturated rings. The number of nitrogens with zero attached hydrogens (tertiary/aromatic N) is 1. The molecule has 0 bridgehead atoms. The molecule has 0 radical (unpaired) electrons. The van der Waals surface area contributed by atoms with Crippen LogP contribution >= 0.6 is 11.6 Å². The molecule has 1 atom stereocenters. The molecular formula is C13H11ClFNO2. The lowest BCUT2D eigenvalue weighted by Crippen LogP contribution is -2.11. The summed E-state index contributed by atoms with van der Waals surface area (Å²) in [6, 6.07) is 8.20. The third kappa shape index (κ3) is 3.18. The lowest BCUT2D eigenvalue weighted by atomic mass is 10.1. The van der Waals surface area contributed by atoms with Gasteiger partial charge < -0.3 is 9.84 Å². The van der Waals surface area contributed by atoms with E-state index in [1.807, 2.05) is 0 Å². The van der Waals surface area contributed by atoms with Gasteiger partial charge in [0.1, 0.15) is 24.3 Å². The summed E-state index contributed by atoms with van der Waals surface area (Å²) in [6.07, 6.45) is 1.42. The topological polar surface area (TPSA) is 42.4 Å². The van der Waals surface area contributed by atoms with Crippen LogP contribution in [0.1, 0.15) is 11.7 Å². The van der Waals surface area contributed by atoms with Gasteiger partial charge in [-0.3, -0.25) is 4.98 Å². The van der Waals surface area contributed by atoms with Crippen molar-refractivity contribution >= 4 is 11.6 Å². The van der Waals surface area contributed by atoms with E-state index in [0.29, 0.717) is 10.8 Å². The van der Waals surface area contributed by atoms with Gasteiger partial charge in [-0.25, -0.2) is 4.39 Å². The van der Waals surface area contributed by atoms with Crippen molar-refractivity contribution in [3.05, 3.63) is 59.1 Å². The van der Waals surface area contributed by atoms with Crippen LogP contribution in [-0.2, 0) is 0 Å². The van der Waals surface area contributed by atoms with Crippen LogP contribution in [0.4, 0.5) is 4.39 Å². The Labute approximate surface area is 109 Å². The molecule has 0 amide bonds. The molecule has 1 unspecified atom stereocenters. The number of ether oxygens (including phenoxy) is 1. The second kappa shape index (κ2) is 5.80. The predicted octanol–water partition coefficient (Wildman–Crippen LogP) is 2.99. The number of halogens is 2. The number of hydrogen-bond acceptors (Lipinski definition) is 3. The fourth-order valence-electron chi connectivity index (χ4n) is 1.48. The van der Waals surface area contributed by atoms with Crippen LogP contribution in [0.15, 0.2) is 42.7 Å². The molecule has 0 aliphatic heterocycles. The monoisotopic (exact) mass is 267 g/mol. The number of hydrogen-bond donors (Lipinski definition) is 1. The fourth-order valence-corrected chi connectivity index (χ4v) is 1.66. The fraction of sp³-hybridized carbons (Fsp3) is 0.154. The van der Waals surface area contributed by atoms with Gasteiger partial charge in [-0.1, -0.05) is 17.7 Å². The van der Waals surface area contributed by atoms with Gasteiger partial charge in [0.25, 0.3) is 0 Å². The molecule has 0 saturated carbocycles. The zero-order valence-electron chi connectivity index (χ0n) is 9.38. The molecule has 18 heavy (non-hydrogen) atoms. The molecule has 0 aliphatic carbocycles. The highest BCUT2D eigenvalue weighted by Gasteiger charge is 2.13. The second-order valence-electron chi connectivity index (χ2n) is 3.68. The molecule has 94 valence electrons. The van der Waals surface area contributed by atoms with Crippen molar-refractivity contribution in [1.29, 1.82) is 0 Å². The first-order valence-electron chi connectivity index (χ1n) is 5.32. The Kier molecular flexibility index (Phi) is 4.12. The highest BCUT2D eigenvalue weighted by atomic mass is 35.5. The molecule has 1 N–H and O–H groups in total. The first-order chi connectivity index (χ1) is 8.66. The minimum absolute atomic E-state index is 0.0543. The molecule has 0 aliphatic rings. The minimum atomic E-state index is -1.05. The van der Waals surface area contributed by atoms with Gasteiger partial charge in [-0.2, -0.15) is 0 Å². The van der Waals surface area contributed by atoms with Crippen molar-refractivity contribution in [2.24, 2.45) is 0 Å². The van der Waals surface area contributed by atoms with E-state index in [1.165, 1.54) is 12.3 Å². The Hall–Kier alpha value is -1.65. The summed E-state index contributed by atoms with van der Waals surface area (Å²) in [6.45, 7) is -0.0543. The first-order valence-corrected chi connectivity index (χ1v) is 5.70. The lowest BCUT2D eigenvalue weighted by Gasteiger charge is -2.13. The van der Waals surface area contributed by atoms with Crippen molar-refractivity contribution in [3.8, 4) is 5.75 Å². The van der Waals surface area contributed by atoms with Gasteiger partial charge in [0, 0.05) is 16.8 Å². The van der Waals surface area contributed by atoms with E-state index in [4.69, 9.17) is 16.3 Å². The maximum absolute atomic E-state index is 13.3. The van der Waals surface area contributed by atoms with Gasteiger partial charge in [0.05, 0.1) is 6.20 Å². The second-order valence-corrected chi connectivity index (χ2v) is 4.12. The van der Waals surface area contributed by atoms with Crippen LogP contribution in [-0.4, -0.2) is 16.7 Å². The van der Waals surface area contributed by atoms with Crippen molar-refractivity contribution in [3.63, 3.8) is 0 Å². The molecular weight excluding hydrogens is 257 g/mol. The summed E-state index contributed by atoms with van der Waals surface area (Å²) in [5.41, 5.74) is 0.159. The highest BCUT2D eigenvalue weighted by molar-refractivity contribution is 6.30. The number of aliphatic hydroxyl groups excluding tert-OH is 1. The number of rotatable bonds is 4. The van der Waals surface area contributed by atoms with E-state index in [1.54, 1.807) is 24.3 Å². The van der Waals surface area contributed by atoms with Gasteiger partial charge >= 0.3 is 0 Å². The van der Waals surface area contributed by atoms with Crippen LogP contribution in [0, 0.1) is 5.82 Å². The third-order valence-corrected chi connectivity index (χ3v) is 2.60. The SMILES string of the molecule is OC(COc1cccc(Cl)c1)c1ccncc1F. The standard InChI is InChI=1S/C13H11ClFNO2/c14-9-2-1-3-10(6-9)18-8-13(17)11-4-5-16-7-12(11)15/h1-7,13,17H,8H2. The normalized spacial score (nSPS) is 12.2. The molecule has 1 aromatic carbocycles. The molecule has 2 rings (SSSR count). The third-order valence-electron chi connectivity index (χ3n) is 2.37. The van der Waals surface area contributed by atoms with Crippen LogP contribution in [0.2, 0.25) is 5.02 Å². The average Bonchev–Trinajstić information content (AvgIpc) is 2.37. The minimum Gasteiger partial charge on any atom is -0.490 e. The number of aromatic nitrogens is 1. The van der Waals surface area contributed by atoms with Crippen LogP contribution in [0.5, 0.6) is 5.75 Å². The first kappa shape index (κ1) is 12.8. The van der Waals surface area contributed by atoms with Crippen LogP contribution < -0.4 is 4.74 Å². The molecule has 1 heterocycles. The Morgan fingerprint density at radius 3 is 2.94 bits per heavy atom. The number of aliphatic hydroxyl groups is 1. The molecule has 2 aromatic rings. The van der Waals surface area contributed by atoms with E-state index in [2.05, 4.69) is 4.98 Å². The van der Waals surface area contributed by atoms with Crippen LogP contribution in [0.25, 0.3) is 0 Å². The smallest absolute Gasteiger partial charge is 0.147 e. The quantitative estimate of drug-likeness (QED) is 0.926. The summed E-state index contributed by atoms with van der Waals surface area (Å²) < 4.78 is 18.7. The maximum atomic E-state index is 13.3. The van der Waals surface area contributed by atoms with Gasteiger partial charge in [0.15, 0.2) is 0 Å². The van der Waals surface area contributed by atoms with Crippen molar-refractivity contribution in [2.45, 2.75) is 6.10 Å². The van der Waals surface area contributed by atoms with Gasteiger partial charge in [-0.05, 0) is 24.3 Å². The van der Waals surface area contributed by atoms with E-state index in [0.717, 1.165) is 6.20 Å². The van der Waals surface area contributed by atoms with E-state index < -0.39 is 11.9 Å². The van der Waals surface area contributed by atoms with Gasteiger partial charge in [-0.15, -0.1) is 0 Å². The number of pyridine rings is 1. The van der Waals surface area contributed by atoms with E-state index >= 15 is 0 Å². The number of benzene rings is 1. The molecule has 0 spiro atoms. The predicted molar refractivity (Wildman–Crippen MR) is 66.1 cm³/mol.